The normalized spacial score (nSPS) is 10.0. The van der Waals surface area contributed by atoms with Crippen LogP contribution in [0.5, 0.6) is 0 Å². The van der Waals surface area contributed by atoms with Crippen LogP contribution in [0.1, 0.15) is 0 Å². The van der Waals surface area contributed by atoms with Crippen LogP contribution in [0.15, 0.2) is 36.8 Å². The fourth-order valence-electron chi connectivity index (χ4n) is 0.676. The van der Waals surface area contributed by atoms with Crippen molar-refractivity contribution < 1.29 is 0 Å². The van der Waals surface area contributed by atoms with Crippen LogP contribution in [0.3, 0.4) is 0 Å². The molecule has 0 atom stereocenters. The lowest BCUT2D eigenvalue weighted by Crippen LogP contribution is -2.05. The Labute approximate surface area is 70.6 Å². The fraction of sp³-hybridized carbons (Fsp3) is 0. The van der Waals surface area contributed by atoms with Crippen LogP contribution in [0.25, 0.3) is 0 Å². The van der Waals surface area contributed by atoms with Crippen LogP contribution >= 0.6 is 0 Å². The minimum atomic E-state index is 0.0198. The summed E-state index contributed by atoms with van der Waals surface area (Å²) in [6.07, 6.45) is 6.44. The zero-order chi connectivity index (χ0) is 8.81. The third kappa shape index (κ3) is 2.83. The number of nitrogens with zero attached hydrogens (tertiary/aromatic N) is 1. The molecule has 0 fully saturated rings. The largest absolute Gasteiger partial charge is 0.384 e. The minimum Gasteiger partial charge on any atom is -0.384 e. The SMILES string of the molecule is N=C(N)/C=C\Nc1cccnc1. The Bertz CT molecular complexity index is 278. The highest BCUT2D eigenvalue weighted by Crippen LogP contribution is 2.01. The molecule has 0 aliphatic carbocycles. The molecule has 0 unspecified atom stereocenters. The molecule has 4 nitrogen and oxygen atoms in total. The maximum atomic E-state index is 6.90. The van der Waals surface area contributed by atoms with Crippen LogP contribution in [-0.2, 0) is 0 Å². The average Bonchev–Trinajstić information content (AvgIpc) is 2.05. The Morgan fingerprint density at radius 1 is 1.67 bits per heavy atom. The summed E-state index contributed by atoms with van der Waals surface area (Å²) in [5.74, 6) is 0.0198. The molecule has 1 aromatic heterocycles. The van der Waals surface area contributed by atoms with E-state index in [1.54, 1.807) is 18.6 Å². The van der Waals surface area contributed by atoms with Crippen molar-refractivity contribution in [3.8, 4) is 0 Å². The van der Waals surface area contributed by atoms with E-state index in [9.17, 15) is 0 Å². The standard InChI is InChI=1S/C8H10N4/c9-8(10)3-5-12-7-2-1-4-11-6-7/h1-6,12H,(H3,9,10)/b5-3-. The van der Waals surface area contributed by atoms with Gasteiger partial charge in [0.25, 0.3) is 0 Å². The van der Waals surface area contributed by atoms with Crippen molar-refractivity contribution in [3.05, 3.63) is 36.8 Å². The van der Waals surface area contributed by atoms with Gasteiger partial charge in [-0.05, 0) is 18.2 Å². The van der Waals surface area contributed by atoms with Gasteiger partial charge in [0.2, 0.25) is 0 Å². The first-order chi connectivity index (χ1) is 5.79. The number of pyridine rings is 1. The van der Waals surface area contributed by atoms with Crippen LogP contribution in [-0.4, -0.2) is 10.8 Å². The van der Waals surface area contributed by atoms with Gasteiger partial charge in [-0.3, -0.25) is 10.4 Å². The van der Waals surface area contributed by atoms with Gasteiger partial charge in [0.1, 0.15) is 5.84 Å². The second kappa shape index (κ2) is 4.12. The molecule has 0 radical (unpaired) electrons. The van der Waals surface area contributed by atoms with Crippen molar-refractivity contribution in [1.29, 1.82) is 5.41 Å². The quantitative estimate of drug-likeness (QED) is 0.457. The predicted molar refractivity (Wildman–Crippen MR) is 48.9 cm³/mol. The summed E-state index contributed by atoms with van der Waals surface area (Å²) >= 11 is 0. The summed E-state index contributed by atoms with van der Waals surface area (Å²) in [4.78, 5) is 3.90. The van der Waals surface area contributed by atoms with E-state index in [1.165, 1.54) is 6.08 Å². The first-order valence-electron chi connectivity index (χ1n) is 3.46. The number of hydrogen-bond donors (Lipinski definition) is 3. The smallest absolute Gasteiger partial charge is 0.116 e. The number of rotatable bonds is 3. The van der Waals surface area contributed by atoms with Gasteiger partial charge in [-0.2, -0.15) is 0 Å². The zero-order valence-electron chi connectivity index (χ0n) is 6.49. The first-order valence-corrected chi connectivity index (χ1v) is 3.46. The van der Waals surface area contributed by atoms with E-state index in [2.05, 4.69) is 10.3 Å². The van der Waals surface area contributed by atoms with Crippen molar-refractivity contribution in [2.24, 2.45) is 5.73 Å². The lowest BCUT2D eigenvalue weighted by Gasteiger charge is -1.96. The van der Waals surface area contributed by atoms with E-state index in [4.69, 9.17) is 11.1 Å². The van der Waals surface area contributed by atoms with E-state index < -0.39 is 0 Å². The molecule has 0 saturated heterocycles. The highest BCUT2D eigenvalue weighted by molar-refractivity contribution is 5.88. The Hall–Kier alpha value is -1.84. The molecular formula is C8H10N4. The first kappa shape index (κ1) is 8.26. The van der Waals surface area contributed by atoms with Crippen molar-refractivity contribution in [2.45, 2.75) is 0 Å². The Kier molecular flexibility index (Phi) is 2.84. The number of anilines is 1. The van der Waals surface area contributed by atoms with Crippen LogP contribution in [0.2, 0.25) is 0 Å². The molecular weight excluding hydrogens is 152 g/mol. The monoisotopic (exact) mass is 162 g/mol. The molecule has 62 valence electrons. The fourth-order valence-corrected chi connectivity index (χ4v) is 0.676. The van der Waals surface area contributed by atoms with Crippen molar-refractivity contribution >= 4 is 11.5 Å². The molecule has 0 bridgehead atoms. The molecule has 0 aliphatic rings. The maximum absolute atomic E-state index is 6.90. The Morgan fingerprint density at radius 3 is 3.08 bits per heavy atom. The molecule has 1 aromatic rings. The Balaban J connectivity index is 2.49. The van der Waals surface area contributed by atoms with E-state index in [-0.39, 0.29) is 5.84 Å². The third-order valence-electron chi connectivity index (χ3n) is 1.17. The predicted octanol–water partition coefficient (Wildman–Crippen LogP) is 0.943. The number of hydrogen-bond acceptors (Lipinski definition) is 3. The molecule has 0 aliphatic heterocycles. The summed E-state index contributed by atoms with van der Waals surface area (Å²) in [7, 11) is 0. The lowest BCUT2D eigenvalue weighted by atomic mass is 10.4. The van der Waals surface area contributed by atoms with Gasteiger partial charge in [-0.1, -0.05) is 0 Å². The van der Waals surface area contributed by atoms with Crippen LogP contribution in [0, 0.1) is 5.41 Å². The van der Waals surface area contributed by atoms with E-state index >= 15 is 0 Å². The molecule has 0 amide bonds. The van der Waals surface area contributed by atoms with Crippen LogP contribution < -0.4 is 11.1 Å². The van der Waals surface area contributed by atoms with Crippen molar-refractivity contribution in [3.63, 3.8) is 0 Å². The maximum Gasteiger partial charge on any atom is 0.116 e. The van der Waals surface area contributed by atoms with Gasteiger partial charge in [0, 0.05) is 12.4 Å². The zero-order valence-corrected chi connectivity index (χ0v) is 6.49. The van der Waals surface area contributed by atoms with Crippen LogP contribution in [0.4, 0.5) is 5.69 Å². The van der Waals surface area contributed by atoms with Gasteiger partial charge < -0.3 is 11.1 Å². The van der Waals surface area contributed by atoms with E-state index in [0.29, 0.717) is 0 Å². The lowest BCUT2D eigenvalue weighted by molar-refractivity contribution is 1.32. The molecule has 1 heterocycles. The van der Waals surface area contributed by atoms with Gasteiger partial charge >= 0.3 is 0 Å². The highest BCUT2D eigenvalue weighted by atomic mass is 14.9. The molecule has 0 spiro atoms. The Morgan fingerprint density at radius 2 is 2.50 bits per heavy atom. The molecule has 0 saturated carbocycles. The summed E-state index contributed by atoms with van der Waals surface area (Å²) in [6.45, 7) is 0. The number of nitrogens with one attached hydrogen (secondary N) is 2. The van der Waals surface area contributed by atoms with Crippen molar-refractivity contribution in [2.75, 3.05) is 5.32 Å². The van der Waals surface area contributed by atoms with E-state index in [0.717, 1.165) is 5.69 Å². The summed E-state index contributed by atoms with van der Waals surface area (Å²) in [5, 5.41) is 9.81. The van der Waals surface area contributed by atoms with Crippen molar-refractivity contribution in [1.82, 2.24) is 4.98 Å². The second-order valence-corrected chi connectivity index (χ2v) is 2.17. The van der Waals surface area contributed by atoms with E-state index in [1.807, 2.05) is 12.1 Å². The molecule has 4 heteroatoms. The minimum absolute atomic E-state index is 0.0198. The number of aromatic nitrogens is 1. The number of nitrogens with two attached hydrogens (primary N) is 1. The molecule has 0 aromatic carbocycles. The summed E-state index contributed by atoms with van der Waals surface area (Å²) in [5.41, 5.74) is 5.97. The molecule has 12 heavy (non-hydrogen) atoms. The summed E-state index contributed by atoms with van der Waals surface area (Å²) < 4.78 is 0. The van der Waals surface area contributed by atoms with Gasteiger partial charge in [0.15, 0.2) is 0 Å². The average molecular weight is 162 g/mol. The van der Waals surface area contributed by atoms with Gasteiger partial charge in [0.05, 0.1) is 11.9 Å². The second-order valence-electron chi connectivity index (χ2n) is 2.17. The highest BCUT2D eigenvalue weighted by Gasteiger charge is 1.83. The molecule has 4 N–H and O–H groups in total. The van der Waals surface area contributed by atoms with Gasteiger partial charge in [-0.15, -0.1) is 0 Å². The topological polar surface area (TPSA) is 74.8 Å². The third-order valence-corrected chi connectivity index (χ3v) is 1.17. The number of amidine groups is 1. The van der Waals surface area contributed by atoms with Gasteiger partial charge in [-0.25, -0.2) is 0 Å². The molecule has 1 rings (SSSR count). The summed E-state index contributed by atoms with van der Waals surface area (Å²) in [6, 6.07) is 3.70.